The largest absolute Gasteiger partial charge is 0.399 e. The predicted molar refractivity (Wildman–Crippen MR) is 68.7 cm³/mol. The van der Waals surface area contributed by atoms with Crippen molar-refractivity contribution in [3.05, 3.63) is 29.3 Å². The standard InChI is InChI=1S/C14H21NO2/c1-9-10(7-6-8-11(9)15)12-16-13(2,3)14(4,5)17-12/h6-8,12H,15H2,1-5H3. The number of benzene rings is 1. The van der Waals surface area contributed by atoms with E-state index in [2.05, 4.69) is 27.7 Å². The van der Waals surface area contributed by atoms with Gasteiger partial charge in [-0.1, -0.05) is 12.1 Å². The second-order valence-electron chi connectivity index (χ2n) is 5.65. The van der Waals surface area contributed by atoms with E-state index in [0.29, 0.717) is 0 Å². The maximum atomic E-state index is 6.01. The summed E-state index contributed by atoms with van der Waals surface area (Å²) in [7, 11) is 0. The Hall–Kier alpha value is -1.06. The summed E-state index contributed by atoms with van der Waals surface area (Å²) in [6, 6.07) is 5.83. The molecule has 2 rings (SSSR count). The third kappa shape index (κ3) is 1.94. The van der Waals surface area contributed by atoms with E-state index in [1.54, 1.807) is 0 Å². The van der Waals surface area contributed by atoms with Crippen LogP contribution in [0, 0.1) is 6.92 Å². The van der Waals surface area contributed by atoms with Crippen molar-refractivity contribution in [2.75, 3.05) is 5.73 Å². The van der Waals surface area contributed by atoms with Gasteiger partial charge >= 0.3 is 0 Å². The Bertz CT molecular complexity index is 422. The van der Waals surface area contributed by atoms with Gasteiger partial charge in [0.2, 0.25) is 0 Å². The summed E-state index contributed by atoms with van der Waals surface area (Å²) >= 11 is 0. The SMILES string of the molecule is Cc1c(N)cccc1C1OC(C)(C)C(C)(C)O1. The van der Waals surface area contributed by atoms with E-state index >= 15 is 0 Å². The highest BCUT2D eigenvalue weighted by Gasteiger charge is 2.49. The molecule has 1 saturated heterocycles. The van der Waals surface area contributed by atoms with Crippen LogP contribution in [0.5, 0.6) is 0 Å². The quantitative estimate of drug-likeness (QED) is 0.760. The molecule has 1 aromatic rings. The molecule has 0 spiro atoms. The Kier molecular flexibility index (Phi) is 2.71. The Morgan fingerprint density at radius 3 is 2.12 bits per heavy atom. The molecular formula is C14H21NO2. The van der Waals surface area contributed by atoms with Gasteiger partial charge in [0.1, 0.15) is 0 Å². The Labute approximate surface area is 103 Å². The monoisotopic (exact) mass is 235 g/mol. The molecule has 0 radical (unpaired) electrons. The molecule has 17 heavy (non-hydrogen) atoms. The molecule has 0 saturated carbocycles. The third-order valence-corrected chi connectivity index (χ3v) is 3.92. The van der Waals surface area contributed by atoms with Gasteiger partial charge in [0.25, 0.3) is 0 Å². The molecule has 0 amide bonds. The molecule has 94 valence electrons. The second-order valence-corrected chi connectivity index (χ2v) is 5.65. The number of nitrogens with two attached hydrogens (primary N) is 1. The lowest BCUT2D eigenvalue weighted by atomic mass is 9.90. The molecule has 1 heterocycles. The van der Waals surface area contributed by atoms with Gasteiger partial charge < -0.3 is 15.2 Å². The molecule has 0 aromatic heterocycles. The molecule has 2 N–H and O–H groups in total. The summed E-state index contributed by atoms with van der Waals surface area (Å²) in [4.78, 5) is 0. The number of nitrogen functional groups attached to an aromatic ring is 1. The average molecular weight is 235 g/mol. The van der Waals surface area contributed by atoms with Crippen LogP contribution in [0.1, 0.15) is 45.1 Å². The number of ether oxygens (including phenoxy) is 2. The van der Waals surface area contributed by atoms with E-state index in [9.17, 15) is 0 Å². The van der Waals surface area contributed by atoms with Gasteiger partial charge in [-0.05, 0) is 46.2 Å². The molecular weight excluding hydrogens is 214 g/mol. The highest BCUT2D eigenvalue weighted by molar-refractivity contribution is 5.50. The molecule has 0 unspecified atom stereocenters. The second kappa shape index (κ2) is 3.72. The summed E-state index contributed by atoms with van der Waals surface area (Å²) in [6.07, 6.45) is -0.330. The first-order chi connectivity index (χ1) is 7.74. The van der Waals surface area contributed by atoms with Gasteiger partial charge in [-0.25, -0.2) is 0 Å². The van der Waals surface area contributed by atoms with E-state index in [0.717, 1.165) is 16.8 Å². The minimum atomic E-state index is -0.330. The van der Waals surface area contributed by atoms with Crippen molar-refractivity contribution >= 4 is 5.69 Å². The first-order valence-electron chi connectivity index (χ1n) is 5.95. The van der Waals surface area contributed by atoms with E-state index < -0.39 is 0 Å². The number of anilines is 1. The zero-order valence-electron chi connectivity index (χ0n) is 11.2. The Balaban J connectivity index is 2.36. The van der Waals surface area contributed by atoms with Crippen LogP contribution in [0.3, 0.4) is 0 Å². The first-order valence-corrected chi connectivity index (χ1v) is 5.95. The Morgan fingerprint density at radius 1 is 1.06 bits per heavy atom. The minimum Gasteiger partial charge on any atom is -0.399 e. The normalized spacial score (nSPS) is 22.9. The van der Waals surface area contributed by atoms with Crippen molar-refractivity contribution in [1.29, 1.82) is 0 Å². The van der Waals surface area contributed by atoms with Gasteiger partial charge in [-0.3, -0.25) is 0 Å². The molecule has 1 aliphatic heterocycles. The van der Waals surface area contributed by atoms with Crippen LogP contribution < -0.4 is 5.73 Å². The Morgan fingerprint density at radius 2 is 1.59 bits per heavy atom. The smallest absolute Gasteiger partial charge is 0.185 e. The lowest BCUT2D eigenvalue weighted by Gasteiger charge is -2.30. The van der Waals surface area contributed by atoms with Crippen molar-refractivity contribution in [3.8, 4) is 0 Å². The van der Waals surface area contributed by atoms with E-state index in [1.807, 2.05) is 25.1 Å². The lowest BCUT2D eigenvalue weighted by Crippen LogP contribution is -2.41. The topological polar surface area (TPSA) is 44.5 Å². The zero-order chi connectivity index (χ0) is 12.8. The van der Waals surface area contributed by atoms with Crippen LogP contribution in [-0.2, 0) is 9.47 Å². The minimum absolute atomic E-state index is 0.311. The van der Waals surface area contributed by atoms with E-state index in [4.69, 9.17) is 15.2 Å². The molecule has 0 atom stereocenters. The summed E-state index contributed by atoms with van der Waals surface area (Å²) in [5, 5.41) is 0. The molecule has 1 aromatic carbocycles. The van der Waals surface area contributed by atoms with E-state index in [-0.39, 0.29) is 17.5 Å². The summed E-state index contributed by atoms with van der Waals surface area (Å²) < 4.78 is 12.0. The third-order valence-electron chi connectivity index (χ3n) is 3.92. The highest BCUT2D eigenvalue weighted by atomic mass is 16.7. The first kappa shape index (κ1) is 12.4. The van der Waals surface area contributed by atoms with Gasteiger partial charge in [0.15, 0.2) is 6.29 Å². The van der Waals surface area contributed by atoms with Crippen LogP contribution in [-0.4, -0.2) is 11.2 Å². The van der Waals surface area contributed by atoms with Crippen LogP contribution in [0.4, 0.5) is 5.69 Å². The van der Waals surface area contributed by atoms with Crippen LogP contribution in [0.15, 0.2) is 18.2 Å². The van der Waals surface area contributed by atoms with Crippen molar-refractivity contribution in [3.63, 3.8) is 0 Å². The van der Waals surface area contributed by atoms with Crippen LogP contribution >= 0.6 is 0 Å². The predicted octanol–water partition coefficient (Wildman–Crippen LogP) is 3.18. The van der Waals surface area contributed by atoms with Gasteiger partial charge in [0, 0.05) is 11.3 Å². The number of hydrogen-bond acceptors (Lipinski definition) is 3. The lowest BCUT2D eigenvalue weighted by molar-refractivity contribution is -0.0898. The number of hydrogen-bond donors (Lipinski definition) is 1. The van der Waals surface area contributed by atoms with Crippen molar-refractivity contribution < 1.29 is 9.47 Å². The highest BCUT2D eigenvalue weighted by Crippen LogP contribution is 2.45. The maximum absolute atomic E-state index is 6.01. The van der Waals surface area contributed by atoms with Crippen molar-refractivity contribution in [2.45, 2.75) is 52.1 Å². The number of rotatable bonds is 1. The average Bonchev–Trinajstić information content (AvgIpc) is 2.40. The molecule has 0 aliphatic carbocycles. The summed E-state index contributed by atoms with van der Waals surface area (Å²) in [5.74, 6) is 0. The molecule has 3 heteroatoms. The van der Waals surface area contributed by atoms with E-state index in [1.165, 1.54) is 0 Å². The summed E-state index contributed by atoms with van der Waals surface area (Å²) in [6.45, 7) is 10.2. The van der Waals surface area contributed by atoms with Gasteiger partial charge in [-0.15, -0.1) is 0 Å². The van der Waals surface area contributed by atoms with Gasteiger partial charge in [-0.2, -0.15) is 0 Å². The maximum Gasteiger partial charge on any atom is 0.185 e. The van der Waals surface area contributed by atoms with Crippen molar-refractivity contribution in [2.24, 2.45) is 0 Å². The molecule has 1 aliphatic rings. The fourth-order valence-corrected chi connectivity index (χ4v) is 1.90. The van der Waals surface area contributed by atoms with Gasteiger partial charge in [0.05, 0.1) is 11.2 Å². The molecule has 1 fully saturated rings. The van der Waals surface area contributed by atoms with Crippen LogP contribution in [0.25, 0.3) is 0 Å². The fraction of sp³-hybridized carbons (Fsp3) is 0.571. The van der Waals surface area contributed by atoms with Crippen molar-refractivity contribution in [1.82, 2.24) is 0 Å². The van der Waals surface area contributed by atoms with Crippen LogP contribution in [0.2, 0.25) is 0 Å². The molecule has 3 nitrogen and oxygen atoms in total. The molecule has 0 bridgehead atoms. The fourth-order valence-electron chi connectivity index (χ4n) is 1.90. The summed E-state index contributed by atoms with van der Waals surface area (Å²) in [5.41, 5.74) is 8.12. The zero-order valence-corrected chi connectivity index (χ0v) is 11.2.